The maximum atomic E-state index is 6.06. The van der Waals surface area contributed by atoms with Crippen molar-refractivity contribution in [2.24, 2.45) is 0 Å². The first-order chi connectivity index (χ1) is 8.96. The van der Waals surface area contributed by atoms with Gasteiger partial charge in [-0.1, -0.05) is 18.2 Å². The van der Waals surface area contributed by atoms with Crippen molar-refractivity contribution in [3.8, 4) is 5.75 Å². The van der Waals surface area contributed by atoms with E-state index in [1.807, 2.05) is 11.6 Å². The van der Waals surface area contributed by atoms with E-state index in [9.17, 15) is 0 Å². The highest BCUT2D eigenvalue weighted by molar-refractivity contribution is 5.47. The third-order valence-corrected chi connectivity index (χ3v) is 3.57. The Kier molecular flexibility index (Phi) is 2.55. The van der Waals surface area contributed by atoms with E-state index in [0.717, 1.165) is 29.1 Å². The van der Waals surface area contributed by atoms with Crippen molar-refractivity contribution in [1.82, 2.24) is 9.78 Å². The molecule has 4 heteroatoms. The minimum absolute atomic E-state index is 0.121. The number of para-hydroxylation sites is 1. The number of nitrogen functional groups attached to an aromatic ring is 1. The van der Waals surface area contributed by atoms with Crippen LogP contribution in [0.5, 0.6) is 5.75 Å². The Morgan fingerprint density at radius 2 is 2.21 bits per heavy atom. The average molecular weight is 257 g/mol. The molecule has 3 rings (SSSR count). The first kappa shape index (κ1) is 12.1. The predicted octanol–water partition coefficient (Wildman–Crippen LogP) is 2.54. The van der Waals surface area contributed by atoms with Gasteiger partial charge in [0, 0.05) is 17.5 Å². The zero-order valence-electron chi connectivity index (χ0n) is 11.6. The van der Waals surface area contributed by atoms with Crippen LogP contribution in [0.15, 0.2) is 24.4 Å². The van der Waals surface area contributed by atoms with Crippen molar-refractivity contribution in [3.63, 3.8) is 0 Å². The molecule has 0 spiro atoms. The fraction of sp³-hybridized carbons (Fsp3) is 0.400. The lowest BCUT2D eigenvalue weighted by Gasteiger charge is -2.18. The Morgan fingerprint density at radius 1 is 1.42 bits per heavy atom. The SMILES string of the molecule is Cc1cnn(Cc2cccc3c2OC(C)(C)C3)c1N. The Bertz CT molecular complexity index is 628. The molecule has 1 aliphatic rings. The number of benzene rings is 1. The first-order valence-electron chi connectivity index (χ1n) is 6.54. The molecule has 0 fully saturated rings. The highest BCUT2D eigenvalue weighted by Crippen LogP contribution is 2.37. The highest BCUT2D eigenvalue weighted by atomic mass is 16.5. The molecule has 0 bridgehead atoms. The van der Waals surface area contributed by atoms with E-state index in [-0.39, 0.29) is 5.60 Å². The summed E-state index contributed by atoms with van der Waals surface area (Å²) in [6.45, 7) is 6.85. The molecule has 0 radical (unpaired) electrons. The van der Waals surface area contributed by atoms with Gasteiger partial charge in [0.15, 0.2) is 0 Å². The van der Waals surface area contributed by atoms with Crippen molar-refractivity contribution in [2.75, 3.05) is 5.73 Å². The lowest BCUT2D eigenvalue weighted by molar-refractivity contribution is 0.137. The van der Waals surface area contributed by atoms with Crippen LogP contribution in [0, 0.1) is 6.92 Å². The van der Waals surface area contributed by atoms with E-state index in [2.05, 4.69) is 37.1 Å². The van der Waals surface area contributed by atoms with Gasteiger partial charge < -0.3 is 10.5 Å². The van der Waals surface area contributed by atoms with Crippen LogP contribution in [0.2, 0.25) is 0 Å². The van der Waals surface area contributed by atoms with Gasteiger partial charge in [-0.25, -0.2) is 4.68 Å². The van der Waals surface area contributed by atoms with E-state index in [1.54, 1.807) is 6.20 Å². The molecule has 1 aromatic carbocycles. The summed E-state index contributed by atoms with van der Waals surface area (Å²) in [5.74, 6) is 1.72. The van der Waals surface area contributed by atoms with Crippen LogP contribution in [-0.4, -0.2) is 15.4 Å². The first-order valence-corrected chi connectivity index (χ1v) is 6.54. The van der Waals surface area contributed by atoms with E-state index in [1.165, 1.54) is 5.56 Å². The fourth-order valence-corrected chi connectivity index (χ4v) is 2.58. The standard InChI is InChI=1S/C15H19N3O/c1-10-8-17-18(14(10)16)9-12-6-4-5-11-7-15(2,3)19-13(11)12/h4-6,8H,7,9,16H2,1-3H3. The second kappa shape index (κ2) is 4.02. The van der Waals surface area contributed by atoms with Crippen molar-refractivity contribution in [1.29, 1.82) is 0 Å². The summed E-state index contributed by atoms with van der Waals surface area (Å²) in [6.07, 6.45) is 2.74. The van der Waals surface area contributed by atoms with Crippen molar-refractivity contribution < 1.29 is 4.74 Å². The Hall–Kier alpha value is -1.97. The van der Waals surface area contributed by atoms with Gasteiger partial charge in [0.05, 0.1) is 12.7 Å². The van der Waals surface area contributed by atoms with Crippen LogP contribution in [0.4, 0.5) is 5.82 Å². The zero-order valence-corrected chi connectivity index (χ0v) is 11.6. The van der Waals surface area contributed by atoms with Crippen molar-refractivity contribution in [3.05, 3.63) is 41.1 Å². The number of nitrogens with two attached hydrogens (primary N) is 1. The van der Waals surface area contributed by atoms with Gasteiger partial charge >= 0.3 is 0 Å². The largest absolute Gasteiger partial charge is 0.487 e. The number of hydrogen-bond donors (Lipinski definition) is 1. The van der Waals surface area contributed by atoms with Gasteiger partial charge in [-0.3, -0.25) is 0 Å². The number of aryl methyl sites for hydroxylation is 1. The van der Waals surface area contributed by atoms with E-state index in [4.69, 9.17) is 10.5 Å². The van der Waals surface area contributed by atoms with Gasteiger partial charge in [0.25, 0.3) is 0 Å². The summed E-state index contributed by atoms with van der Waals surface area (Å²) in [4.78, 5) is 0. The van der Waals surface area contributed by atoms with E-state index < -0.39 is 0 Å². The minimum Gasteiger partial charge on any atom is -0.487 e. The van der Waals surface area contributed by atoms with Gasteiger partial charge in [-0.05, 0) is 26.3 Å². The predicted molar refractivity (Wildman–Crippen MR) is 75.3 cm³/mol. The Labute approximate surface area is 113 Å². The number of hydrogen-bond acceptors (Lipinski definition) is 3. The average Bonchev–Trinajstić information content (AvgIpc) is 2.82. The van der Waals surface area contributed by atoms with Crippen LogP contribution >= 0.6 is 0 Å². The van der Waals surface area contributed by atoms with Crippen LogP contribution in [-0.2, 0) is 13.0 Å². The van der Waals surface area contributed by atoms with Gasteiger partial charge in [-0.15, -0.1) is 0 Å². The van der Waals surface area contributed by atoms with Crippen LogP contribution < -0.4 is 10.5 Å². The topological polar surface area (TPSA) is 53.1 Å². The lowest BCUT2D eigenvalue weighted by atomic mass is 10.0. The smallest absolute Gasteiger partial charge is 0.128 e. The number of fused-ring (bicyclic) bond motifs is 1. The number of ether oxygens (including phenoxy) is 1. The molecule has 4 nitrogen and oxygen atoms in total. The van der Waals surface area contributed by atoms with E-state index in [0.29, 0.717) is 6.54 Å². The summed E-state index contributed by atoms with van der Waals surface area (Å²) in [5, 5.41) is 4.31. The molecule has 2 heterocycles. The molecule has 1 aromatic heterocycles. The van der Waals surface area contributed by atoms with Crippen molar-refractivity contribution >= 4 is 5.82 Å². The Balaban J connectivity index is 1.96. The minimum atomic E-state index is -0.121. The Morgan fingerprint density at radius 3 is 2.89 bits per heavy atom. The third-order valence-electron chi connectivity index (χ3n) is 3.57. The fourth-order valence-electron chi connectivity index (χ4n) is 2.58. The molecular weight excluding hydrogens is 238 g/mol. The summed E-state index contributed by atoms with van der Waals surface area (Å²) in [6, 6.07) is 6.29. The summed E-state index contributed by atoms with van der Waals surface area (Å²) in [5.41, 5.74) is 9.30. The summed E-state index contributed by atoms with van der Waals surface area (Å²) < 4.78 is 7.88. The zero-order chi connectivity index (χ0) is 13.6. The molecule has 19 heavy (non-hydrogen) atoms. The molecule has 0 amide bonds. The third kappa shape index (κ3) is 2.07. The van der Waals surface area contributed by atoms with Crippen LogP contribution in [0.3, 0.4) is 0 Å². The quantitative estimate of drug-likeness (QED) is 0.899. The molecule has 0 saturated heterocycles. The summed E-state index contributed by atoms with van der Waals surface area (Å²) >= 11 is 0. The number of aromatic nitrogens is 2. The maximum absolute atomic E-state index is 6.06. The molecule has 0 unspecified atom stereocenters. The highest BCUT2D eigenvalue weighted by Gasteiger charge is 2.31. The molecule has 1 aliphatic heterocycles. The number of anilines is 1. The molecule has 0 saturated carbocycles. The molecular formula is C15H19N3O. The second-order valence-corrected chi connectivity index (χ2v) is 5.81. The summed E-state index contributed by atoms with van der Waals surface area (Å²) in [7, 11) is 0. The van der Waals surface area contributed by atoms with Crippen LogP contribution in [0.25, 0.3) is 0 Å². The molecule has 0 atom stereocenters. The van der Waals surface area contributed by atoms with Gasteiger partial charge in [0.1, 0.15) is 17.2 Å². The normalized spacial score (nSPS) is 16.2. The maximum Gasteiger partial charge on any atom is 0.128 e. The monoisotopic (exact) mass is 257 g/mol. The second-order valence-electron chi connectivity index (χ2n) is 5.81. The number of nitrogens with zero attached hydrogens (tertiary/aromatic N) is 2. The number of rotatable bonds is 2. The lowest BCUT2D eigenvalue weighted by Crippen LogP contribution is -2.25. The molecule has 0 aliphatic carbocycles. The van der Waals surface area contributed by atoms with E-state index >= 15 is 0 Å². The van der Waals surface area contributed by atoms with Crippen LogP contribution in [0.1, 0.15) is 30.5 Å². The molecule has 2 N–H and O–H groups in total. The molecule has 100 valence electrons. The van der Waals surface area contributed by atoms with Gasteiger partial charge in [-0.2, -0.15) is 5.10 Å². The van der Waals surface area contributed by atoms with Gasteiger partial charge in [0.2, 0.25) is 0 Å². The molecule has 2 aromatic rings. The van der Waals surface area contributed by atoms with Crippen molar-refractivity contribution in [2.45, 2.75) is 39.3 Å².